The van der Waals surface area contributed by atoms with E-state index in [4.69, 9.17) is 18.8 Å². The number of rotatable bonds is 16. The van der Waals surface area contributed by atoms with Gasteiger partial charge in [-0.3, -0.25) is 0 Å². The van der Waals surface area contributed by atoms with Gasteiger partial charge in [-0.05, 0) is 50.0 Å². The first kappa shape index (κ1) is 46.5. The summed E-state index contributed by atoms with van der Waals surface area (Å²) in [5, 5.41) is 21.0. The summed E-state index contributed by atoms with van der Waals surface area (Å²) in [6.07, 6.45) is 5.33. The molecule has 252 valence electrons. The predicted octanol–water partition coefficient (Wildman–Crippen LogP) is 6.03. The Hall–Kier alpha value is 1.38. The third-order valence-electron chi connectivity index (χ3n) is 6.63. The minimum absolute atomic E-state index is 0.0709. The molecule has 43 heavy (non-hydrogen) atoms. The van der Waals surface area contributed by atoms with Crippen LogP contribution in [-0.2, 0) is 19.1 Å². The van der Waals surface area contributed by atoms with E-state index in [0.29, 0.717) is 24.3 Å². The molecule has 2 fully saturated rings. The maximum atomic E-state index is 10.5. The number of carboxylic acid groups (broad SMARTS) is 2. The SMILES string of the molecule is CC(C)[CH2][Sn+2][CH2]C(C)C.CC(C)[CH2][Sn](=[S])[CH2]C(C)C.O=C([O-])C(CS)CC1CCCO1.O=C([O-])C(CS)CC1CCCO1. The van der Waals surface area contributed by atoms with Crippen molar-refractivity contribution in [1.82, 2.24) is 0 Å². The molecule has 0 aromatic rings. The van der Waals surface area contributed by atoms with Gasteiger partial charge in [-0.15, -0.1) is 0 Å². The first-order valence-corrected chi connectivity index (χ1v) is 29.5. The molecule has 11 heteroatoms. The van der Waals surface area contributed by atoms with Crippen molar-refractivity contribution >= 4 is 85.4 Å². The molecular weight excluding hydrogens is 814 g/mol. The molecule has 2 aliphatic rings. The van der Waals surface area contributed by atoms with Crippen LogP contribution in [-0.4, -0.2) is 87.8 Å². The zero-order chi connectivity index (χ0) is 33.4. The van der Waals surface area contributed by atoms with E-state index in [9.17, 15) is 19.8 Å². The van der Waals surface area contributed by atoms with Crippen LogP contribution in [0.25, 0.3) is 0 Å². The van der Waals surface area contributed by atoms with Gasteiger partial charge in [-0.2, -0.15) is 25.3 Å². The molecule has 2 heterocycles. The molecule has 0 radical (unpaired) electrons. The number of carboxylic acids is 2. The Bertz CT molecular complexity index is 657. The van der Waals surface area contributed by atoms with E-state index >= 15 is 0 Å². The van der Waals surface area contributed by atoms with Crippen LogP contribution in [0.4, 0.5) is 0 Å². The smallest absolute Gasteiger partial charge is 0.0582 e. The Morgan fingerprint density at radius 2 is 1.09 bits per heavy atom. The first-order valence-electron chi connectivity index (χ1n) is 16.2. The number of carbonyl (C=O) groups excluding carboxylic acids is 2. The normalized spacial score (nSPS) is 19.0. The van der Waals surface area contributed by atoms with Gasteiger partial charge in [-0.25, -0.2) is 0 Å². The number of hydrogen-bond acceptors (Lipinski definition) is 9. The third-order valence-corrected chi connectivity index (χ3v) is 23.3. The van der Waals surface area contributed by atoms with Gasteiger partial charge in [0, 0.05) is 37.0 Å². The average molecular weight is 876 g/mol. The van der Waals surface area contributed by atoms with Crippen LogP contribution in [0.15, 0.2) is 0 Å². The summed E-state index contributed by atoms with van der Waals surface area (Å²) >= 11 is 6.73. The Morgan fingerprint density at radius 3 is 1.30 bits per heavy atom. The molecule has 0 aromatic carbocycles. The van der Waals surface area contributed by atoms with E-state index in [1.807, 2.05) is 0 Å². The van der Waals surface area contributed by atoms with Crippen molar-refractivity contribution in [2.75, 3.05) is 24.7 Å². The predicted molar refractivity (Wildman–Crippen MR) is 190 cm³/mol. The van der Waals surface area contributed by atoms with E-state index < -0.39 is 41.6 Å². The quantitative estimate of drug-likeness (QED) is 0.145. The minimum atomic E-state index is -1.25. The van der Waals surface area contributed by atoms with Crippen LogP contribution in [0.5, 0.6) is 0 Å². The zero-order valence-electron chi connectivity index (χ0n) is 28.3. The minimum Gasteiger partial charge on any atom is -0.550 e. The average Bonchev–Trinajstić information content (AvgIpc) is 3.59. The molecule has 6 nitrogen and oxygen atoms in total. The second-order valence-corrected chi connectivity index (χ2v) is 27.1. The van der Waals surface area contributed by atoms with Gasteiger partial charge in [0.2, 0.25) is 0 Å². The van der Waals surface area contributed by atoms with Crippen molar-refractivity contribution < 1.29 is 29.3 Å². The molecule has 2 aliphatic heterocycles. The fraction of sp³-hybridized carbons (Fsp3) is 0.938. The topological polar surface area (TPSA) is 98.7 Å². The molecule has 2 rings (SSSR count). The number of thiol groups is 2. The summed E-state index contributed by atoms with van der Waals surface area (Å²) in [6.45, 7) is 20.0. The maximum Gasteiger partial charge on any atom is 0.0582 e. The van der Waals surface area contributed by atoms with E-state index in [-0.39, 0.29) is 33.4 Å². The van der Waals surface area contributed by atoms with Gasteiger partial charge in [0.15, 0.2) is 0 Å². The third kappa shape index (κ3) is 30.5. The Labute approximate surface area is 296 Å². The van der Waals surface area contributed by atoms with Crippen molar-refractivity contribution in [2.24, 2.45) is 35.5 Å². The van der Waals surface area contributed by atoms with Crippen molar-refractivity contribution in [3.8, 4) is 0 Å². The number of hydrogen-bond donors (Lipinski definition) is 2. The van der Waals surface area contributed by atoms with Crippen LogP contribution in [0, 0.1) is 35.5 Å². The molecule has 0 N–H and O–H groups in total. The van der Waals surface area contributed by atoms with Gasteiger partial charge >= 0.3 is 145 Å². The Kier molecular flexibility index (Phi) is 31.9. The molecule has 0 bridgehead atoms. The summed E-state index contributed by atoms with van der Waals surface area (Å²) in [5.74, 6) is 1.36. The van der Waals surface area contributed by atoms with Crippen LogP contribution in [0.1, 0.15) is 93.9 Å². The van der Waals surface area contributed by atoms with Crippen LogP contribution < -0.4 is 10.2 Å². The van der Waals surface area contributed by atoms with Crippen LogP contribution in [0.2, 0.25) is 17.7 Å². The molecule has 0 saturated carbocycles. The van der Waals surface area contributed by atoms with Crippen molar-refractivity contribution in [2.45, 2.75) is 124 Å². The number of carbonyl (C=O) groups is 2. The first-order chi connectivity index (χ1) is 20.1. The summed E-state index contributed by atoms with van der Waals surface area (Å²) in [5.41, 5.74) is 0. The van der Waals surface area contributed by atoms with Gasteiger partial charge in [-0.1, -0.05) is 0 Å². The summed E-state index contributed by atoms with van der Waals surface area (Å²) in [7, 11) is 5.49. The molecule has 0 spiro atoms. The monoisotopic (exact) mass is 878 g/mol. The molecule has 0 amide bonds. The van der Waals surface area contributed by atoms with Gasteiger partial charge in [0.25, 0.3) is 0 Å². The van der Waals surface area contributed by atoms with E-state index in [0.717, 1.165) is 62.6 Å². The standard InChI is InChI=1S/2C8H14O3S.4C4H9.S.2Sn/c2*9-8(10)6(5-12)4-7-2-1-3-11-7;4*1-4(2)3;;;/h2*6-7,12H,1-5H2,(H,9,10);4*4H,1H2,2-3H3;;;/q;;;;;;;;+2/p-2. The van der Waals surface area contributed by atoms with E-state index in [1.54, 1.807) is 8.87 Å². The van der Waals surface area contributed by atoms with E-state index in [2.05, 4.69) is 80.6 Å². The summed E-state index contributed by atoms with van der Waals surface area (Å²) in [6, 6.07) is 0. The maximum absolute atomic E-state index is 10.5. The molecule has 0 aliphatic carbocycles. The van der Waals surface area contributed by atoms with Gasteiger partial charge in [0.05, 0.1) is 12.2 Å². The second-order valence-electron chi connectivity index (χ2n) is 13.3. The second kappa shape index (κ2) is 29.5. The Balaban J connectivity index is 0. The van der Waals surface area contributed by atoms with Crippen molar-refractivity contribution in [1.29, 1.82) is 0 Å². The fourth-order valence-corrected chi connectivity index (χ4v) is 19.0. The van der Waals surface area contributed by atoms with Crippen LogP contribution >= 0.6 is 34.5 Å². The van der Waals surface area contributed by atoms with Crippen LogP contribution in [0.3, 0.4) is 0 Å². The molecule has 4 unspecified atom stereocenters. The van der Waals surface area contributed by atoms with Gasteiger partial charge in [0.1, 0.15) is 0 Å². The number of aliphatic carboxylic acids is 2. The zero-order valence-corrected chi connectivity index (χ0v) is 36.6. The summed E-state index contributed by atoms with van der Waals surface area (Å²) < 4.78 is 16.6. The largest absolute Gasteiger partial charge is 0.550 e. The summed E-state index contributed by atoms with van der Waals surface area (Å²) in [4.78, 5) is 21.0. The molecule has 4 atom stereocenters. The van der Waals surface area contributed by atoms with Gasteiger partial charge < -0.3 is 29.3 Å². The Morgan fingerprint density at radius 1 is 0.744 bits per heavy atom. The van der Waals surface area contributed by atoms with Crippen molar-refractivity contribution in [3.63, 3.8) is 0 Å². The van der Waals surface area contributed by atoms with E-state index in [1.165, 1.54) is 8.87 Å². The molecular formula is C32H62O6S3Sn2. The van der Waals surface area contributed by atoms with Crippen molar-refractivity contribution in [3.05, 3.63) is 0 Å². The molecule has 2 saturated heterocycles. The molecule has 0 aromatic heterocycles. The number of ether oxygens (including phenoxy) is 2. The fourth-order valence-electron chi connectivity index (χ4n) is 4.44.